The van der Waals surface area contributed by atoms with Gasteiger partial charge in [0.15, 0.2) is 0 Å². The third-order valence-corrected chi connectivity index (χ3v) is 5.35. The number of carbonyl (C=O) groups excluding carboxylic acids is 1. The average Bonchev–Trinajstić information content (AvgIpc) is 2.77. The molecule has 0 unspecified atom stereocenters. The van der Waals surface area contributed by atoms with Crippen molar-refractivity contribution in [3.05, 3.63) is 77.6 Å². The van der Waals surface area contributed by atoms with Gasteiger partial charge in [0.25, 0.3) is 5.91 Å². The summed E-state index contributed by atoms with van der Waals surface area (Å²) in [5.41, 5.74) is 6.31. The van der Waals surface area contributed by atoms with E-state index >= 15 is 0 Å². The van der Waals surface area contributed by atoms with Crippen LogP contribution in [0.25, 0.3) is 0 Å². The van der Waals surface area contributed by atoms with Gasteiger partial charge in [-0.25, -0.2) is 5.84 Å². The number of piperidine rings is 1. The van der Waals surface area contributed by atoms with E-state index in [9.17, 15) is 4.79 Å². The third-order valence-electron chi connectivity index (χ3n) is 5.35. The lowest BCUT2D eigenvalue weighted by Crippen LogP contribution is -2.37. The number of anilines is 1. The van der Waals surface area contributed by atoms with Crippen molar-refractivity contribution in [2.75, 3.05) is 18.0 Å². The molecule has 0 spiro atoms. The molecular weight excluding hydrogens is 348 g/mol. The average molecular weight is 379 g/mol. The lowest BCUT2D eigenvalue weighted by atomic mass is 10.1. The number of hydrogen-bond donors (Lipinski definition) is 2. The van der Waals surface area contributed by atoms with E-state index < -0.39 is 0 Å². The summed E-state index contributed by atoms with van der Waals surface area (Å²) >= 11 is 0. The van der Waals surface area contributed by atoms with Gasteiger partial charge in [-0.3, -0.25) is 10.2 Å². The maximum Gasteiger partial charge on any atom is 0.265 e. The number of nitrogens with zero attached hydrogens (tertiary/aromatic N) is 2. The van der Waals surface area contributed by atoms with E-state index in [-0.39, 0.29) is 5.91 Å². The Hall–Kier alpha value is -2.79. The Labute approximate surface area is 167 Å². The number of rotatable bonds is 7. The summed E-state index contributed by atoms with van der Waals surface area (Å²) < 4.78 is 0. The highest BCUT2D eigenvalue weighted by Gasteiger charge is 2.19. The lowest BCUT2D eigenvalue weighted by molar-refractivity contribution is 0.0953. The van der Waals surface area contributed by atoms with Crippen LogP contribution >= 0.6 is 0 Å². The molecule has 3 N–H and O–H groups in total. The standard InChI is InChI=1S/C23H30N4O/c1-3-19-8-7-9-22(16-19)27(18(2)26-14-5-4-6-15-26)17-20-10-12-21(13-11-20)23(28)25-24/h7-13,16H,2-6,14-15,17,24H2,1H3,(H,25,28). The van der Waals surface area contributed by atoms with E-state index in [1.54, 1.807) is 0 Å². The number of nitrogens with one attached hydrogen (secondary N) is 1. The second kappa shape index (κ2) is 9.42. The maximum absolute atomic E-state index is 11.7. The van der Waals surface area contributed by atoms with Gasteiger partial charge in [-0.05, 0) is 61.1 Å². The molecule has 0 saturated carbocycles. The maximum atomic E-state index is 11.7. The zero-order valence-corrected chi connectivity index (χ0v) is 16.7. The van der Waals surface area contributed by atoms with E-state index in [1.807, 2.05) is 24.3 Å². The smallest absolute Gasteiger partial charge is 0.265 e. The minimum Gasteiger partial charge on any atom is -0.358 e. The van der Waals surface area contributed by atoms with Crippen molar-refractivity contribution >= 4 is 11.6 Å². The number of carbonyl (C=O) groups is 1. The molecule has 2 aromatic carbocycles. The van der Waals surface area contributed by atoms with Crippen molar-refractivity contribution in [2.45, 2.75) is 39.2 Å². The number of nitrogens with two attached hydrogens (primary N) is 1. The van der Waals surface area contributed by atoms with E-state index in [0.29, 0.717) is 12.1 Å². The zero-order valence-electron chi connectivity index (χ0n) is 16.7. The molecule has 1 amide bonds. The highest BCUT2D eigenvalue weighted by atomic mass is 16.2. The fraction of sp³-hybridized carbons (Fsp3) is 0.348. The minimum absolute atomic E-state index is 0.281. The van der Waals surface area contributed by atoms with Crippen LogP contribution in [-0.2, 0) is 13.0 Å². The van der Waals surface area contributed by atoms with E-state index in [4.69, 9.17) is 5.84 Å². The van der Waals surface area contributed by atoms with Crippen LogP contribution in [0.4, 0.5) is 5.69 Å². The predicted molar refractivity (Wildman–Crippen MR) is 115 cm³/mol. The molecule has 1 heterocycles. The van der Waals surface area contributed by atoms with E-state index in [1.165, 1.54) is 24.8 Å². The molecule has 5 heteroatoms. The normalized spacial score (nSPS) is 13.9. The van der Waals surface area contributed by atoms with Crippen molar-refractivity contribution in [1.82, 2.24) is 10.3 Å². The molecule has 148 valence electrons. The molecule has 0 aliphatic carbocycles. The summed E-state index contributed by atoms with van der Waals surface area (Å²) in [7, 11) is 0. The molecule has 1 fully saturated rings. The topological polar surface area (TPSA) is 61.6 Å². The van der Waals surface area contributed by atoms with Gasteiger partial charge in [-0.1, -0.05) is 37.8 Å². The van der Waals surface area contributed by atoms with Gasteiger partial charge >= 0.3 is 0 Å². The summed E-state index contributed by atoms with van der Waals surface area (Å²) in [6.07, 6.45) is 4.72. The molecule has 1 aliphatic heterocycles. The van der Waals surface area contributed by atoms with Crippen LogP contribution in [0.15, 0.2) is 60.9 Å². The molecule has 5 nitrogen and oxygen atoms in total. The summed E-state index contributed by atoms with van der Waals surface area (Å²) in [5, 5.41) is 0. The number of likely N-dealkylation sites (tertiary alicyclic amines) is 1. The molecule has 1 aliphatic rings. The fourth-order valence-electron chi connectivity index (χ4n) is 3.63. The molecule has 1 saturated heterocycles. The van der Waals surface area contributed by atoms with Gasteiger partial charge in [0.2, 0.25) is 0 Å². The van der Waals surface area contributed by atoms with Crippen molar-refractivity contribution in [2.24, 2.45) is 5.84 Å². The first-order chi connectivity index (χ1) is 13.6. The summed E-state index contributed by atoms with van der Waals surface area (Å²) in [6.45, 7) is 9.42. The molecule has 2 aromatic rings. The SMILES string of the molecule is C=C(N1CCCCC1)N(Cc1ccc(C(=O)NN)cc1)c1cccc(CC)c1. The van der Waals surface area contributed by atoms with Crippen LogP contribution in [-0.4, -0.2) is 23.9 Å². The number of hydrazine groups is 1. The first-order valence-corrected chi connectivity index (χ1v) is 10.0. The Bertz CT molecular complexity index is 810. The van der Waals surface area contributed by atoms with Gasteiger partial charge in [-0.15, -0.1) is 0 Å². The van der Waals surface area contributed by atoms with Gasteiger partial charge in [-0.2, -0.15) is 0 Å². The monoisotopic (exact) mass is 378 g/mol. The number of aryl methyl sites for hydroxylation is 1. The van der Waals surface area contributed by atoms with E-state index in [2.05, 4.69) is 53.0 Å². The van der Waals surface area contributed by atoms with Crippen molar-refractivity contribution in [3.8, 4) is 0 Å². The van der Waals surface area contributed by atoms with Crippen LogP contribution in [0.1, 0.15) is 47.7 Å². The Morgan fingerprint density at radius 1 is 1.11 bits per heavy atom. The molecule has 0 atom stereocenters. The van der Waals surface area contributed by atoms with E-state index in [0.717, 1.165) is 36.6 Å². The molecule has 0 aromatic heterocycles. The first-order valence-electron chi connectivity index (χ1n) is 10.0. The Balaban J connectivity index is 1.86. The number of amides is 1. The Morgan fingerprint density at radius 3 is 2.46 bits per heavy atom. The first kappa shape index (κ1) is 20.0. The largest absolute Gasteiger partial charge is 0.358 e. The van der Waals surface area contributed by atoms with Crippen LogP contribution in [0.5, 0.6) is 0 Å². The second-order valence-electron chi connectivity index (χ2n) is 7.24. The number of hydrogen-bond acceptors (Lipinski definition) is 4. The Kier molecular flexibility index (Phi) is 6.71. The van der Waals surface area contributed by atoms with Gasteiger partial charge in [0, 0.05) is 30.9 Å². The lowest BCUT2D eigenvalue weighted by Gasteiger charge is -2.37. The molecular formula is C23H30N4O. The van der Waals surface area contributed by atoms with Gasteiger partial charge in [0.1, 0.15) is 5.82 Å². The zero-order chi connectivity index (χ0) is 19.9. The summed E-state index contributed by atoms with van der Waals surface area (Å²) in [5.74, 6) is 5.98. The van der Waals surface area contributed by atoms with Crippen LogP contribution in [0.3, 0.4) is 0 Å². The fourth-order valence-corrected chi connectivity index (χ4v) is 3.63. The van der Waals surface area contributed by atoms with Crippen LogP contribution in [0.2, 0.25) is 0 Å². The molecule has 3 rings (SSSR count). The highest BCUT2D eigenvalue weighted by Crippen LogP contribution is 2.26. The van der Waals surface area contributed by atoms with Crippen molar-refractivity contribution < 1.29 is 4.79 Å². The molecule has 0 radical (unpaired) electrons. The highest BCUT2D eigenvalue weighted by molar-refractivity contribution is 5.93. The third kappa shape index (κ3) is 4.73. The minimum atomic E-state index is -0.281. The summed E-state index contributed by atoms with van der Waals surface area (Å²) in [6, 6.07) is 16.2. The van der Waals surface area contributed by atoms with Crippen molar-refractivity contribution in [1.29, 1.82) is 0 Å². The Morgan fingerprint density at radius 2 is 1.82 bits per heavy atom. The molecule has 0 bridgehead atoms. The summed E-state index contributed by atoms with van der Waals surface area (Å²) in [4.78, 5) is 16.4. The van der Waals surface area contributed by atoms with Crippen molar-refractivity contribution in [3.63, 3.8) is 0 Å². The van der Waals surface area contributed by atoms with Gasteiger partial charge < -0.3 is 9.80 Å². The number of nitrogen functional groups attached to an aromatic ring is 1. The molecule has 28 heavy (non-hydrogen) atoms. The van der Waals surface area contributed by atoms with Crippen LogP contribution in [0, 0.1) is 0 Å². The second-order valence-corrected chi connectivity index (χ2v) is 7.24. The van der Waals surface area contributed by atoms with Crippen LogP contribution < -0.4 is 16.2 Å². The predicted octanol–water partition coefficient (Wildman–Crippen LogP) is 3.82. The number of benzene rings is 2. The quantitative estimate of drug-likeness (QED) is 0.437. The van der Waals surface area contributed by atoms with Gasteiger partial charge in [0.05, 0.1) is 0 Å².